The molecule has 4 aliphatic rings. The number of carbonyl (C=O) groups is 3. The Balaban J connectivity index is 0.000000191. The molecule has 492 valence electrons. The van der Waals surface area contributed by atoms with Gasteiger partial charge in [-0.15, -0.1) is 0 Å². The fourth-order valence-corrected chi connectivity index (χ4v) is 16.1. The molecule has 2 saturated carbocycles. The molecule has 8 atom stereocenters. The Labute approximate surface area is 546 Å². The molecule has 23 heteroatoms. The third-order valence-electron chi connectivity index (χ3n) is 19.9. The fourth-order valence-electron chi connectivity index (χ4n) is 12.8. The van der Waals surface area contributed by atoms with Gasteiger partial charge in [-0.1, -0.05) is 152 Å². The minimum absolute atomic E-state index is 0.00735. The number of nitrogens with zero attached hydrogens (tertiary/aromatic N) is 8. The molecule has 4 aromatic heterocycles. The van der Waals surface area contributed by atoms with Gasteiger partial charge in [0.05, 0.1) is 37.1 Å². The van der Waals surface area contributed by atoms with Gasteiger partial charge in [-0.2, -0.15) is 0 Å². The van der Waals surface area contributed by atoms with Crippen LogP contribution in [0.4, 0.5) is 11.6 Å². The van der Waals surface area contributed by atoms with Crippen LogP contribution in [0.3, 0.4) is 0 Å². The number of amides is 2. The first-order valence-corrected chi connectivity index (χ1v) is 38.0. The molecular weight excluding hydrogens is 1210 g/mol. The predicted molar refractivity (Wildman–Crippen MR) is 358 cm³/mol. The first-order chi connectivity index (χ1) is 44.2. The standard InChI is InChI=1S/C36H45N5O6Si.C34H43N5O5Si/c1-8-36(35(19-20-35)47-48(6,7)34(3,4)5)29(44-21-25-15-11-9-12-16-25)28(45-24(2)42)33(46-36)41-23-39-27-30(37-22-38-31(27)41)40-32(43)26-17-13-10-14-18-26;1-7-34(33(18-19-33)44-45(5,6)32(2,3)4)27(42-20-23-14-10-8-11-15-23)26(40)31(43-34)39-22-37-25-28(35-21-36-29(25)39)38-30(41)24-16-12-9-13-17-24/h9-18,22-23,28-29,33H,8,19-21H2,1-7H3,(H,37,38,40,43);8-17,21-22,26-27,31,40H,7,18-20H2,1-6H3,(H,35,36,38,41)/t28-,29?,33+,36+;26-,27?,31+,34+/m00/s1. The summed E-state index contributed by atoms with van der Waals surface area (Å²) in [7, 11) is -4.51. The second-order valence-electron chi connectivity index (χ2n) is 27.9. The Kier molecular flexibility index (Phi) is 18.8. The highest BCUT2D eigenvalue weighted by atomic mass is 28.4. The highest BCUT2D eigenvalue weighted by molar-refractivity contribution is 6.74. The number of anilines is 2. The quantitative estimate of drug-likeness (QED) is 0.0447. The molecule has 2 amide bonds. The zero-order valence-electron chi connectivity index (χ0n) is 55.6. The van der Waals surface area contributed by atoms with Crippen LogP contribution in [0.15, 0.2) is 147 Å². The number of aromatic nitrogens is 8. The molecule has 4 aromatic carbocycles. The molecule has 0 spiro atoms. The average Bonchev–Trinajstić information content (AvgIpc) is 1.67. The van der Waals surface area contributed by atoms with Crippen LogP contribution < -0.4 is 10.6 Å². The molecule has 4 fully saturated rings. The van der Waals surface area contributed by atoms with Crippen molar-refractivity contribution in [2.75, 3.05) is 10.6 Å². The Morgan fingerprint density at radius 2 is 0.935 bits per heavy atom. The van der Waals surface area contributed by atoms with Crippen molar-refractivity contribution in [3.8, 4) is 0 Å². The second-order valence-corrected chi connectivity index (χ2v) is 37.4. The topological polar surface area (TPSA) is 247 Å². The van der Waals surface area contributed by atoms with E-state index in [1.165, 1.54) is 19.6 Å². The normalized spacial score (nSPS) is 24.1. The number of aliphatic hydroxyl groups is 1. The molecule has 2 aliphatic carbocycles. The summed E-state index contributed by atoms with van der Waals surface area (Å²) in [6, 6.07) is 37.7. The number of ether oxygens (including phenoxy) is 5. The van der Waals surface area contributed by atoms with E-state index in [1.54, 1.807) is 70.3 Å². The number of rotatable bonds is 21. The van der Waals surface area contributed by atoms with E-state index in [2.05, 4.69) is 122 Å². The first-order valence-electron chi connectivity index (χ1n) is 32.2. The van der Waals surface area contributed by atoms with E-state index < -0.39 is 81.9 Å². The zero-order valence-corrected chi connectivity index (χ0v) is 57.6. The maximum atomic E-state index is 13.0. The van der Waals surface area contributed by atoms with Gasteiger partial charge in [0.15, 0.2) is 69.2 Å². The Bertz CT molecular complexity index is 3930. The van der Waals surface area contributed by atoms with Crippen LogP contribution in [0.25, 0.3) is 22.3 Å². The van der Waals surface area contributed by atoms with Crippen LogP contribution in [-0.2, 0) is 50.5 Å². The van der Waals surface area contributed by atoms with Gasteiger partial charge < -0.3 is 48.3 Å². The van der Waals surface area contributed by atoms with Crippen molar-refractivity contribution in [3.05, 3.63) is 169 Å². The van der Waals surface area contributed by atoms with E-state index in [-0.39, 0.29) is 33.5 Å². The molecule has 8 aromatic rings. The number of nitrogens with one attached hydrogen (secondary N) is 2. The highest BCUT2D eigenvalue weighted by Gasteiger charge is 2.74. The predicted octanol–water partition coefficient (Wildman–Crippen LogP) is 13.1. The van der Waals surface area contributed by atoms with E-state index >= 15 is 0 Å². The molecule has 2 saturated heterocycles. The summed E-state index contributed by atoms with van der Waals surface area (Å²) in [6.07, 6.45) is 5.29. The van der Waals surface area contributed by atoms with Crippen molar-refractivity contribution in [2.45, 2.75) is 210 Å². The smallest absolute Gasteiger partial charge is 0.303 e. The molecule has 0 bridgehead atoms. The van der Waals surface area contributed by atoms with Crippen LogP contribution in [0.2, 0.25) is 36.3 Å². The lowest BCUT2D eigenvalue weighted by molar-refractivity contribution is -0.184. The van der Waals surface area contributed by atoms with Crippen molar-refractivity contribution >= 4 is 68.4 Å². The molecule has 3 N–H and O–H groups in total. The lowest BCUT2D eigenvalue weighted by Crippen LogP contribution is -2.60. The molecule has 93 heavy (non-hydrogen) atoms. The number of imidazole rings is 2. The van der Waals surface area contributed by atoms with Crippen LogP contribution in [0, 0.1) is 0 Å². The molecule has 12 rings (SSSR count). The van der Waals surface area contributed by atoms with Gasteiger partial charge in [0, 0.05) is 18.1 Å². The summed E-state index contributed by atoms with van der Waals surface area (Å²) in [5.74, 6) is -0.552. The van der Waals surface area contributed by atoms with E-state index in [0.29, 0.717) is 59.5 Å². The summed E-state index contributed by atoms with van der Waals surface area (Å²) in [4.78, 5) is 65.6. The van der Waals surface area contributed by atoms with Gasteiger partial charge in [0.1, 0.15) is 42.2 Å². The summed E-state index contributed by atoms with van der Waals surface area (Å²) in [5.41, 5.74) is 1.48. The van der Waals surface area contributed by atoms with Gasteiger partial charge in [-0.25, -0.2) is 29.9 Å². The molecular formula is C70H88N10O11Si2. The summed E-state index contributed by atoms with van der Waals surface area (Å²) in [6.45, 7) is 28.5. The van der Waals surface area contributed by atoms with Crippen LogP contribution >= 0.6 is 0 Å². The van der Waals surface area contributed by atoms with E-state index in [1.807, 2.05) is 72.8 Å². The maximum absolute atomic E-state index is 13.0. The summed E-state index contributed by atoms with van der Waals surface area (Å²) >= 11 is 0. The Hall–Kier alpha value is -7.46. The second kappa shape index (κ2) is 26.0. The number of benzene rings is 4. The number of esters is 1. The van der Waals surface area contributed by atoms with Gasteiger partial charge >= 0.3 is 5.97 Å². The molecule has 2 aliphatic heterocycles. The van der Waals surface area contributed by atoms with Crippen LogP contribution in [0.1, 0.15) is 145 Å². The Morgan fingerprint density at radius 3 is 1.32 bits per heavy atom. The van der Waals surface area contributed by atoms with E-state index in [9.17, 15) is 19.5 Å². The van der Waals surface area contributed by atoms with E-state index in [0.717, 1.165) is 36.8 Å². The molecule has 6 heterocycles. The molecule has 21 nitrogen and oxygen atoms in total. The van der Waals surface area contributed by atoms with Gasteiger partial charge in [0.2, 0.25) is 0 Å². The fraction of sp³-hybridized carbons (Fsp3) is 0.471. The van der Waals surface area contributed by atoms with Crippen molar-refractivity contribution in [1.82, 2.24) is 39.0 Å². The maximum Gasteiger partial charge on any atom is 0.303 e. The molecule has 2 unspecified atom stereocenters. The van der Waals surface area contributed by atoms with Gasteiger partial charge in [-0.3, -0.25) is 23.5 Å². The number of hydrogen-bond acceptors (Lipinski definition) is 17. The lowest BCUT2D eigenvalue weighted by atomic mass is 9.84. The van der Waals surface area contributed by atoms with Gasteiger partial charge in [0.25, 0.3) is 11.8 Å². The largest absolute Gasteiger partial charge is 0.455 e. The summed E-state index contributed by atoms with van der Waals surface area (Å²) in [5, 5.41) is 17.8. The van der Waals surface area contributed by atoms with Crippen molar-refractivity contribution in [2.24, 2.45) is 0 Å². The minimum atomic E-state index is -2.29. The van der Waals surface area contributed by atoms with E-state index in [4.69, 9.17) is 32.5 Å². The summed E-state index contributed by atoms with van der Waals surface area (Å²) < 4.78 is 51.8. The van der Waals surface area contributed by atoms with Crippen LogP contribution in [-0.4, -0.2) is 125 Å². The van der Waals surface area contributed by atoms with Crippen molar-refractivity contribution in [3.63, 3.8) is 0 Å². The average molecular weight is 1300 g/mol. The lowest BCUT2D eigenvalue weighted by Gasteiger charge is -2.47. The highest BCUT2D eigenvalue weighted by Crippen LogP contribution is 2.63. The SMILES string of the molecule is CC[C@@]1(C2(O[Si](C)(C)C(C)(C)C)CC2)O[C@@H](n2cnc3c(NC(=O)c4ccccc4)ncnc32)[C@@H](O)C1OCc1ccccc1.CC[C@@]1(C2(O[Si](C)(C)C(C)(C)C)CC2)O[C@@H](n2cnc3c(NC(=O)c4ccccc4)ncnc32)[C@@H](OC(C)=O)C1OCc1ccccc1. The number of carbonyl (C=O) groups excluding carboxylic acids is 3. The van der Waals surface area contributed by atoms with Crippen molar-refractivity contribution in [1.29, 1.82) is 0 Å². The zero-order chi connectivity index (χ0) is 66.4. The molecule has 0 radical (unpaired) electrons. The van der Waals surface area contributed by atoms with Crippen molar-refractivity contribution < 1.29 is 52.0 Å². The number of fused-ring (bicyclic) bond motifs is 2. The number of hydrogen-bond donors (Lipinski definition) is 3. The minimum Gasteiger partial charge on any atom is -0.455 e. The van der Waals surface area contributed by atoms with Gasteiger partial charge in [-0.05, 0) is 110 Å². The monoisotopic (exact) mass is 1300 g/mol. The number of aliphatic hydroxyl groups excluding tert-OH is 1. The van der Waals surface area contributed by atoms with Crippen LogP contribution in [0.5, 0.6) is 0 Å². The first kappa shape index (κ1) is 67.0. The third-order valence-corrected chi connectivity index (χ3v) is 29.0. The third kappa shape index (κ3) is 13.0. The Morgan fingerprint density at radius 1 is 0.559 bits per heavy atom.